The third-order valence-electron chi connectivity index (χ3n) is 4.34. The van der Waals surface area contributed by atoms with Crippen LogP contribution in [-0.4, -0.2) is 20.7 Å². The van der Waals surface area contributed by atoms with Crippen molar-refractivity contribution in [3.63, 3.8) is 0 Å². The number of nitrogens with two attached hydrogens (primary N) is 1. The number of nitrogens with zero attached hydrogens (tertiary/aromatic N) is 3. The number of nitrogens with one attached hydrogen (secondary N) is 1. The number of carbonyl (C=O) groups excluding carboxylic acids is 1. The Kier molecular flexibility index (Phi) is 3.97. The van der Waals surface area contributed by atoms with E-state index in [-0.39, 0.29) is 0 Å². The lowest BCUT2D eigenvalue weighted by atomic mass is 9.95. The summed E-state index contributed by atoms with van der Waals surface area (Å²) in [7, 11) is 0. The molecule has 3 N–H and O–H groups in total. The molecule has 3 aromatic rings. The largest absolute Gasteiger partial charge is 0.366 e. The van der Waals surface area contributed by atoms with Crippen LogP contribution in [0.4, 0.5) is 5.95 Å². The first kappa shape index (κ1) is 16.4. The number of amides is 1. The van der Waals surface area contributed by atoms with Crippen molar-refractivity contribution in [2.45, 2.75) is 13.0 Å². The Bertz CT molecular complexity index is 1010. The maximum Gasteiger partial charge on any atom is 0.248 e. The molecule has 1 aliphatic heterocycles. The molecule has 0 saturated heterocycles. The second-order valence-electron chi connectivity index (χ2n) is 6.05. The number of aromatic nitrogens is 3. The second-order valence-corrected chi connectivity index (χ2v) is 6.49. The molecule has 130 valence electrons. The van der Waals surface area contributed by atoms with E-state index in [1.54, 1.807) is 16.8 Å². The monoisotopic (exact) mass is 365 g/mol. The summed E-state index contributed by atoms with van der Waals surface area (Å²) in [4.78, 5) is 16.7. The van der Waals surface area contributed by atoms with Gasteiger partial charge in [0.2, 0.25) is 11.9 Å². The van der Waals surface area contributed by atoms with E-state index in [2.05, 4.69) is 15.4 Å². The zero-order valence-electron chi connectivity index (χ0n) is 14.0. The molecular formula is C19H16ClN5O. The zero-order chi connectivity index (χ0) is 18.3. The third kappa shape index (κ3) is 2.74. The van der Waals surface area contributed by atoms with Crippen LogP contribution in [-0.2, 0) is 4.79 Å². The third-order valence-corrected chi connectivity index (χ3v) is 4.59. The van der Waals surface area contributed by atoms with Crippen LogP contribution in [0, 0.1) is 0 Å². The van der Waals surface area contributed by atoms with E-state index < -0.39 is 11.9 Å². The molecule has 7 heteroatoms. The Morgan fingerprint density at radius 3 is 2.50 bits per heavy atom. The molecule has 0 fully saturated rings. The first-order valence-corrected chi connectivity index (χ1v) is 8.47. The summed E-state index contributed by atoms with van der Waals surface area (Å²) in [6.07, 6.45) is 0. The van der Waals surface area contributed by atoms with Crippen LogP contribution in [0.3, 0.4) is 0 Å². The first-order chi connectivity index (χ1) is 12.5. The minimum atomic E-state index is -0.488. The molecule has 1 aromatic heterocycles. The SMILES string of the molecule is CC1=C(C(N)=O)[C@@H](c2ccccc2)n2nc(-c3ccc(Cl)cc3)nc2N1. The van der Waals surface area contributed by atoms with Gasteiger partial charge in [0.15, 0.2) is 5.82 Å². The van der Waals surface area contributed by atoms with Gasteiger partial charge in [-0.15, -0.1) is 5.10 Å². The van der Waals surface area contributed by atoms with Crippen molar-refractivity contribution in [3.8, 4) is 11.4 Å². The Hall–Kier alpha value is -3.12. The van der Waals surface area contributed by atoms with E-state index in [4.69, 9.17) is 17.3 Å². The van der Waals surface area contributed by atoms with Crippen LogP contribution in [0.2, 0.25) is 5.02 Å². The second kappa shape index (κ2) is 6.31. The van der Waals surface area contributed by atoms with Gasteiger partial charge in [0.05, 0.1) is 5.57 Å². The lowest BCUT2D eigenvalue weighted by molar-refractivity contribution is -0.115. The molecule has 2 aromatic carbocycles. The predicted molar refractivity (Wildman–Crippen MR) is 101 cm³/mol. The number of primary amides is 1. The van der Waals surface area contributed by atoms with E-state index in [1.807, 2.05) is 49.4 Å². The summed E-state index contributed by atoms with van der Waals surface area (Å²) in [5.74, 6) is 0.618. The Labute approximate surface area is 155 Å². The van der Waals surface area contributed by atoms with Crippen molar-refractivity contribution in [2.75, 3.05) is 5.32 Å². The summed E-state index contributed by atoms with van der Waals surface area (Å²) in [5, 5.41) is 8.41. The highest BCUT2D eigenvalue weighted by Crippen LogP contribution is 2.35. The van der Waals surface area contributed by atoms with E-state index in [9.17, 15) is 4.79 Å². The summed E-state index contributed by atoms with van der Waals surface area (Å²) in [6, 6.07) is 16.5. The molecule has 0 aliphatic carbocycles. The van der Waals surface area contributed by atoms with Gasteiger partial charge in [-0.2, -0.15) is 4.98 Å². The van der Waals surface area contributed by atoms with Crippen molar-refractivity contribution in [2.24, 2.45) is 5.73 Å². The molecule has 0 bridgehead atoms. The summed E-state index contributed by atoms with van der Waals surface area (Å²) >= 11 is 5.96. The average Bonchev–Trinajstić information content (AvgIpc) is 3.05. The molecule has 1 amide bonds. The standard InChI is InChI=1S/C19H16ClN5O/c1-11-15(17(21)26)16(12-5-3-2-4-6-12)25-19(22-11)23-18(24-25)13-7-9-14(20)10-8-13/h2-10,16H,1H3,(H2,21,26)(H,22,23,24)/t16-/m1/s1. The van der Waals surface area contributed by atoms with Crippen LogP contribution in [0.5, 0.6) is 0 Å². The van der Waals surface area contributed by atoms with E-state index in [0.29, 0.717) is 28.1 Å². The van der Waals surface area contributed by atoms with Crippen LogP contribution in [0.15, 0.2) is 65.9 Å². The van der Waals surface area contributed by atoms with Crippen molar-refractivity contribution >= 4 is 23.5 Å². The van der Waals surface area contributed by atoms with Crippen molar-refractivity contribution in [1.29, 1.82) is 0 Å². The number of rotatable bonds is 3. The van der Waals surface area contributed by atoms with E-state index >= 15 is 0 Å². The molecule has 2 heterocycles. The zero-order valence-corrected chi connectivity index (χ0v) is 14.7. The quantitative estimate of drug-likeness (QED) is 0.745. The van der Waals surface area contributed by atoms with Crippen molar-refractivity contribution in [3.05, 3.63) is 76.5 Å². The summed E-state index contributed by atoms with van der Waals surface area (Å²) < 4.78 is 1.70. The van der Waals surface area contributed by atoms with Gasteiger partial charge < -0.3 is 11.1 Å². The summed E-state index contributed by atoms with van der Waals surface area (Å²) in [6.45, 7) is 1.82. The lowest BCUT2D eigenvalue weighted by Crippen LogP contribution is -2.31. The molecule has 4 rings (SSSR count). The first-order valence-electron chi connectivity index (χ1n) is 8.09. The molecule has 1 atom stereocenters. The number of fused-ring (bicyclic) bond motifs is 1. The van der Waals surface area contributed by atoms with Crippen molar-refractivity contribution < 1.29 is 4.79 Å². The molecule has 26 heavy (non-hydrogen) atoms. The number of hydrogen-bond donors (Lipinski definition) is 2. The molecule has 0 unspecified atom stereocenters. The summed E-state index contributed by atoms with van der Waals surface area (Å²) in [5.41, 5.74) is 8.56. The Morgan fingerprint density at radius 2 is 1.85 bits per heavy atom. The topological polar surface area (TPSA) is 85.8 Å². The van der Waals surface area contributed by atoms with Gasteiger partial charge in [0, 0.05) is 16.3 Å². The maximum atomic E-state index is 12.1. The normalized spacial score (nSPS) is 16.2. The minimum Gasteiger partial charge on any atom is -0.366 e. The molecule has 0 radical (unpaired) electrons. The van der Waals surface area contributed by atoms with E-state index in [0.717, 1.165) is 11.1 Å². The molecule has 6 nitrogen and oxygen atoms in total. The highest BCUT2D eigenvalue weighted by Gasteiger charge is 2.33. The van der Waals surface area contributed by atoms with Crippen LogP contribution in [0.1, 0.15) is 18.5 Å². The average molecular weight is 366 g/mol. The molecule has 0 saturated carbocycles. The number of halogens is 1. The molecular weight excluding hydrogens is 350 g/mol. The number of allylic oxidation sites excluding steroid dienone is 1. The predicted octanol–water partition coefficient (Wildman–Crippen LogP) is 3.37. The van der Waals surface area contributed by atoms with Gasteiger partial charge in [-0.05, 0) is 36.8 Å². The smallest absolute Gasteiger partial charge is 0.248 e. The maximum absolute atomic E-state index is 12.1. The fraction of sp³-hybridized carbons (Fsp3) is 0.105. The number of carbonyl (C=O) groups is 1. The van der Waals surface area contributed by atoms with Gasteiger partial charge in [-0.3, -0.25) is 4.79 Å². The van der Waals surface area contributed by atoms with Crippen LogP contribution >= 0.6 is 11.6 Å². The highest BCUT2D eigenvalue weighted by atomic mass is 35.5. The van der Waals surface area contributed by atoms with Crippen LogP contribution < -0.4 is 11.1 Å². The van der Waals surface area contributed by atoms with Gasteiger partial charge in [0.25, 0.3) is 0 Å². The fourth-order valence-electron chi connectivity index (χ4n) is 3.13. The number of anilines is 1. The van der Waals surface area contributed by atoms with Gasteiger partial charge >= 0.3 is 0 Å². The number of benzene rings is 2. The van der Waals surface area contributed by atoms with Gasteiger partial charge in [0.1, 0.15) is 6.04 Å². The Morgan fingerprint density at radius 1 is 1.15 bits per heavy atom. The van der Waals surface area contributed by atoms with Crippen LogP contribution in [0.25, 0.3) is 11.4 Å². The highest BCUT2D eigenvalue weighted by molar-refractivity contribution is 6.30. The molecule has 0 spiro atoms. The van der Waals surface area contributed by atoms with E-state index in [1.165, 1.54) is 0 Å². The minimum absolute atomic E-state index is 0.432. The fourth-order valence-corrected chi connectivity index (χ4v) is 3.26. The van der Waals surface area contributed by atoms with Gasteiger partial charge in [-0.1, -0.05) is 41.9 Å². The van der Waals surface area contributed by atoms with Gasteiger partial charge in [-0.25, -0.2) is 4.68 Å². The Balaban J connectivity index is 1.87. The molecule has 1 aliphatic rings. The number of hydrogen-bond acceptors (Lipinski definition) is 4. The lowest BCUT2D eigenvalue weighted by Gasteiger charge is -2.27. The van der Waals surface area contributed by atoms with Crippen molar-refractivity contribution in [1.82, 2.24) is 14.8 Å².